The minimum Gasteiger partial charge on any atom is -0.507 e. The number of benzene rings is 3. The molecule has 4 fully saturated rings. The fraction of sp³-hybridized carbons (Fsp3) is 0.378. The van der Waals surface area contributed by atoms with Gasteiger partial charge in [0.05, 0.1) is 29.4 Å². The Morgan fingerprint density at radius 1 is 1.07 bits per heavy atom. The van der Waals surface area contributed by atoms with E-state index in [1.807, 2.05) is 37.4 Å². The van der Waals surface area contributed by atoms with E-state index in [9.17, 15) is 14.7 Å². The van der Waals surface area contributed by atoms with Gasteiger partial charge < -0.3 is 29.6 Å². The van der Waals surface area contributed by atoms with Crippen LogP contribution in [0.4, 0.5) is 0 Å². The number of para-hydroxylation sites is 1. The van der Waals surface area contributed by atoms with Gasteiger partial charge >= 0.3 is 0 Å². The first-order valence-corrected chi connectivity index (χ1v) is 16.3. The number of rotatable bonds is 7. The molecular formula is C37H37N5O4. The molecule has 3 saturated carbocycles. The quantitative estimate of drug-likeness (QED) is 0.235. The number of phenols is 1. The van der Waals surface area contributed by atoms with Crippen LogP contribution in [0.1, 0.15) is 53.3 Å². The molecule has 3 heterocycles. The zero-order valence-electron chi connectivity index (χ0n) is 26.3. The molecular weight excluding hydrogens is 578 g/mol. The number of aromatic hydroxyl groups is 1. The SMILES string of the molecule is COc1cc(C(=O)N2C[C@H]3CC4C[C@@H]2[C@@]43C)cc2nc(-c3cc4cccc(-c5ccc(O)c(C(N)=O)c5)c4n3CC3CC3)n(C)c12. The first-order chi connectivity index (χ1) is 22.2. The average molecular weight is 616 g/mol. The van der Waals surface area contributed by atoms with Crippen LogP contribution in [-0.2, 0) is 13.6 Å². The van der Waals surface area contributed by atoms with Gasteiger partial charge in [-0.25, -0.2) is 4.98 Å². The second kappa shape index (κ2) is 9.37. The zero-order chi connectivity index (χ0) is 31.6. The van der Waals surface area contributed by atoms with Crippen LogP contribution in [0.5, 0.6) is 11.5 Å². The van der Waals surface area contributed by atoms with Crippen molar-refractivity contribution in [3.05, 3.63) is 65.7 Å². The molecule has 0 radical (unpaired) electrons. The van der Waals surface area contributed by atoms with E-state index in [1.165, 1.54) is 25.3 Å². The molecule has 2 aromatic heterocycles. The van der Waals surface area contributed by atoms with Crippen molar-refractivity contribution in [2.45, 2.75) is 45.2 Å². The number of ether oxygens (including phenoxy) is 1. The van der Waals surface area contributed by atoms with Gasteiger partial charge in [-0.15, -0.1) is 0 Å². The summed E-state index contributed by atoms with van der Waals surface area (Å²) in [7, 11) is 3.65. The molecule has 4 atom stereocenters. The van der Waals surface area contributed by atoms with Crippen LogP contribution < -0.4 is 10.5 Å². The number of nitrogens with two attached hydrogens (primary N) is 1. The lowest BCUT2D eigenvalue weighted by molar-refractivity contribution is -0.119. The number of methoxy groups -OCH3 is 1. The maximum absolute atomic E-state index is 14.0. The van der Waals surface area contributed by atoms with Crippen LogP contribution in [0.3, 0.4) is 0 Å². The smallest absolute Gasteiger partial charge is 0.254 e. The highest BCUT2D eigenvalue weighted by Gasteiger charge is 2.70. The molecule has 9 heteroatoms. The second-order valence-corrected chi connectivity index (χ2v) is 14.2. The molecule has 234 valence electrons. The van der Waals surface area contributed by atoms with Crippen molar-refractivity contribution in [1.29, 1.82) is 0 Å². The summed E-state index contributed by atoms with van der Waals surface area (Å²) in [6.07, 6.45) is 4.71. The predicted molar refractivity (Wildman–Crippen MR) is 176 cm³/mol. The van der Waals surface area contributed by atoms with Gasteiger partial charge in [0.2, 0.25) is 0 Å². The van der Waals surface area contributed by atoms with Gasteiger partial charge in [-0.3, -0.25) is 9.59 Å². The number of carbonyl (C=O) groups excluding carboxylic acids is 2. The summed E-state index contributed by atoms with van der Waals surface area (Å²) in [5.41, 5.74) is 11.9. The minimum absolute atomic E-state index is 0.0724. The Balaban J connectivity index is 1.18. The number of imidazole rings is 1. The fourth-order valence-corrected chi connectivity index (χ4v) is 8.98. The largest absolute Gasteiger partial charge is 0.507 e. The number of nitrogens with zero attached hydrogens (tertiary/aromatic N) is 4. The van der Waals surface area contributed by atoms with Gasteiger partial charge in [-0.05, 0) is 84.7 Å². The average Bonchev–Trinajstić information content (AvgIpc) is 3.74. The number of amides is 2. The number of aryl methyl sites for hydroxylation is 1. The molecule has 1 unspecified atom stereocenters. The van der Waals surface area contributed by atoms with Crippen LogP contribution in [-0.4, -0.2) is 55.6 Å². The van der Waals surface area contributed by atoms with Crippen molar-refractivity contribution < 1.29 is 19.4 Å². The number of aromatic nitrogens is 3. The van der Waals surface area contributed by atoms with Crippen LogP contribution in [0.25, 0.3) is 44.6 Å². The van der Waals surface area contributed by atoms with Crippen molar-refractivity contribution in [2.75, 3.05) is 13.7 Å². The molecule has 0 bridgehead atoms. The summed E-state index contributed by atoms with van der Waals surface area (Å²) in [6.45, 7) is 4.04. The Bertz CT molecular complexity index is 2140. The summed E-state index contributed by atoms with van der Waals surface area (Å²) in [6, 6.07) is 17.5. The molecule has 3 aliphatic carbocycles. The molecule has 1 aliphatic heterocycles. The van der Waals surface area contributed by atoms with E-state index in [2.05, 4.69) is 33.1 Å². The van der Waals surface area contributed by atoms with Crippen molar-refractivity contribution in [3.8, 4) is 34.1 Å². The van der Waals surface area contributed by atoms with Gasteiger partial charge in [0.25, 0.3) is 11.8 Å². The number of primary amides is 1. The third-order valence-corrected chi connectivity index (χ3v) is 11.9. The van der Waals surface area contributed by atoms with Crippen molar-refractivity contribution >= 4 is 33.8 Å². The van der Waals surface area contributed by atoms with Gasteiger partial charge in [-0.2, -0.15) is 0 Å². The molecule has 3 aromatic carbocycles. The van der Waals surface area contributed by atoms with Gasteiger partial charge in [-0.1, -0.05) is 31.2 Å². The highest BCUT2D eigenvalue weighted by molar-refractivity contribution is 6.03. The maximum Gasteiger partial charge on any atom is 0.254 e. The lowest BCUT2D eigenvalue weighted by Gasteiger charge is -2.62. The van der Waals surface area contributed by atoms with Crippen molar-refractivity contribution in [1.82, 2.24) is 19.0 Å². The highest BCUT2D eigenvalue weighted by Crippen LogP contribution is 2.69. The second-order valence-electron chi connectivity index (χ2n) is 14.2. The minimum atomic E-state index is -0.671. The summed E-state index contributed by atoms with van der Waals surface area (Å²) in [5.74, 6) is 2.66. The Morgan fingerprint density at radius 3 is 2.61 bits per heavy atom. The topological polar surface area (TPSA) is 116 Å². The lowest BCUT2D eigenvalue weighted by Crippen LogP contribution is -2.62. The summed E-state index contributed by atoms with van der Waals surface area (Å²) in [5, 5.41) is 11.3. The van der Waals surface area contributed by atoms with E-state index in [0.29, 0.717) is 34.6 Å². The summed E-state index contributed by atoms with van der Waals surface area (Å²) < 4.78 is 10.3. The van der Waals surface area contributed by atoms with Crippen molar-refractivity contribution in [2.24, 2.45) is 36.0 Å². The molecule has 4 aliphatic rings. The zero-order valence-corrected chi connectivity index (χ0v) is 26.3. The van der Waals surface area contributed by atoms with Gasteiger partial charge in [0.15, 0.2) is 5.82 Å². The molecule has 0 spiro atoms. The van der Waals surface area contributed by atoms with E-state index in [1.54, 1.807) is 13.2 Å². The highest BCUT2D eigenvalue weighted by atomic mass is 16.5. The molecule has 3 N–H and O–H groups in total. The molecule has 1 saturated heterocycles. The first-order valence-electron chi connectivity index (χ1n) is 16.3. The first kappa shape index (κ1) is 27.5. The third kappa shape index (κ3) is 3.65. The molecule has 9 nitrogen and oxygen atoms in total. The summed E-state index contributed by atoms with van der Waals surface area (Å²) >= 11 is 0. The normalized spacial score (nSPS) is 24.6. The summed E-state index contributed by atoms with van der Waals surface area (Å²) in [4.78, 5) is 33.3. The van der Waals surface area contributed by atoms with Crippen molar-refractivity contribution in [3.63, 3.8) is 0 Å². The number of hydrogen-bond donors (Lipinski definition) is 2. The fourth-order valence-electron chi connectivity index (χ4n) is 8.98. The number of carbonyl (C=O) groups is 2. The maximum atomic E-state index is 14.0. The monoisotopic (exact) mass is 615 g/mol. The van der Waals surface area contributed by atoms with E-state index in [4.69, 9.17) is 15.5 Å². The van der Waals surface area contributed by atoms with Crippen LogP contribution >= 0.6 is 0 Å². The third-order valence-electron chi connectivity index (χ3n) is 11.9. The van der Waals surface area contributed by atoms with E-state index >= 15 is 0 Å². The molecule has 2 amide bonds. The molecule has 46 heavy (non-hydrogen) atoms. The molecule has 5 aromatic rings. The number of fused-ring (bicyclic) bond motifs is 2. The number of hydrogen-bond acceptors (Lipinski definition) is 5. The van der Waals surface area contributed by atoms with Crippen LogP contribution in [0, 0.1) is 23.2 Å². The Hall–Kier alpha value is -4.79. The Morgan fingerprint density at radius 2 is 1.89 bits per heavy atom. The predicted octanol–water partition coefficient (Wildman–Crippen LogP) is 5.96. The van der Waals surface area contributed by atoms with Crippen LogP contribution in [0.2, 0.25) is 0 Å². The lowest BCUT2D eigenvalue weighted by atomic mass is 9.43. The molecule has 9 rings (SSSR count). The Labute approximate surface area is 266 Å². The van der Waals surface area contributed by atoms with Crippen LogP contribution in [0.15, 0.2) is 54.6 Å². The Kier molecular flexibility index (Phi) is 5.61. The standard InChI is InChI=1S/C37H37N5O4/c1-37-23-15-24(37)18-42(31(37)16-23)36(45)22-12-27-33(30(14-22)46-3)40(2)35(39-27)28-13-21-5-4-6-25(32(21)41(28)17-19-7-8-19)20-9-10-29(43)26(11-20)34(38)44/h4-6,9-14,19,23-24,31,43H,7-8,15-18H2,1-3H3,(H2,38,44)/t23?,24-,31-,37+/m1/s1. The van der Waals surface area contributed by atoms with E-state index in [0.717, 1.165) is 70.0 Å². The van der Waals surface area contributed by atoms with E-state index in [-0.39, 0.29) is 17.2 Å². The van der Waals surface area contributed by atoms with E-state index < -0.39 is 5.91 Å². The van der Waals surface area contributed by atoms with Gasteiger partial charge in [0, 0.05) is 42.7 Å². The van der Waals surface area contributed by atoms with Gasteiger partial charge in [0.1, 0.15) is 17.0 Å². The number of likely N-dealkylation sites (tertiary alicyclic amines) is 1.